The highest BCUT2D eigenvalue weighted by Crippen LogP contribution is 2.16. The largest absolute Gasteiger partial charge is 0.497 e. The number of carbonyl (C=O) groups excluding carboxylic acids is 1. The lowest BCUT2D eigenvalue weighted by Crippen LogP contribution is -2.30. The number of amides is 1. The van der Waals surface area contributed by atoms with E-state index in [1.165, 1.54) is 0 Å². The number of ether oxygens (including phenoxy) is 2. The zero-order chi connectivity index (χ0) is 17.5. The van der Waals surface area contributed by atoms with Gasteiger partial charge in [-0.15, -0.1) is 0 Å². The van der Waals surface area contributed by atoms with Gasteiger partial charge in [-0.1, -0.05) is 0 Å². The van der Waals surface area contributed by atoms with Crippen LogP contribution in [0.2, 0.25) is 0 Å². The van der Waals surface area contributed by atoms with Crippen LogP contribution in [0.5, 0.6) is 11.5 Å². The molecule has 0 aliphatic rings. The first-order valence-corrected chi connectivity index (χ1v) is 7.81. The highest BCUT2D eigenvalue weighted by Gasteiger charge is 2.08. The molecular weight excluding hydrogens is 310 g/mol. The molecule has 1 aromatic carbocycles. The third-order valence-corrected chi connectivity index (χ3v) is 3.80. The number of imidazole rings is 1. The van der Waals surface area contributed by atoms with Crippen LogP contribution < -0.4 is 20.5 Å². The second-order valence-corrected chi connectivity index (χ2v) is 5.42. The lowest BCUT2D eigenvalue weighted by molar-refractivity contribution is -0.121. The summed E-state index contributed by atoms with van der Waals surface area (Å²) in [5.41, 5.74) is 1.50. The van der Waals surface area contributed by atoms with Gasteiger partial charge < -0.3 is 19.8 Å². The summed E-state index contributed by atoms with van der Waals surface area (Å²) in [6.07, 6.45) is 0.251. The van der Waals surface area contributed by atoms with Crippen molar-refractivity contribution in [2.75, 3.05) is 20.3 Å². The van der Waals surface area contributed by atoms with Crippen molar-refractivity contribution in [1.29, 1.82) is 0 Å². The Balaban J connectivity index is 1.68. The lowest BCUT2D eigenvalue weighted by atomic mass is 10.3. The van der Waals surface area contributed by atoms with Gasteiger partial charge in [0.2, 0.25) is 5.91 Å². The molecule has 0 saturated carbocycles. The number of hydrogen-bond acceptors (Lipinski definition) is 4. The number of nitrogens with zero attached hydrogens (tertiary/aromatic N) is 1. The molecule has 7 nitrogen and oxygen atoms in total. The Hall–Kier alpha value is -2.70. The number of aromatic amines is 1. The standard InChI is InChI=1S/C17H23N3O4/c1-12-13(2)20(17(22)19-12)10-8-16(21)18-9-11-24-15-6-4-14(23-3)5-7-15/h4-7H,8-11H2,1-3H3,(H,18,21)(H,19,22). The van der Waals surface area contributed by atoms with Crippen molar-refractivity contribution in [1.82, 2.24) is 14.9 Å². The molecule has 130 valence electrons. The fourth-order valence-corrected chi connectivity index (χ4v) is 2.28. The molecule has 7 heteroatoms. The highest BCUT2D eigenvalue weighted by atomic mass is 16.5. The third-order valence-electron chi connectivity index (χ3n) is 3.80. The van der Waals surface area contributed by atoms with Gasteiger partial charge in [-0.2, -0.15) is 0 Å². The van der Waals surface area contributed by atoms with Gasteiger partial charge in [0.25, 0.3) is 0 Å². The molecule has 1 aromatic heterocycles. The van der Waals surface area contributed by atoms with E-state index in [0.29, 0.717) is 19.7 Å². The fourth-order valence-electron chi connectivity index (χ4n) is 2.28. The molecular formula is C17H23N3O4. The maximum Gasteiger partial charge on any atom is 0.325 e. The molecule has 24 heavy (non-hydrogen) atoms. The number of rotatable bonds is 8. The Kier molecular flexibility index (Phi) is 6.06. The monoisotopic (exact) mass is 333 g/mol. The predicted octanol–water partition coefficient (Wildman–Crippen LogP) is 1.39. The summed E-state index contributed by atoms with van der Waals surface area (Å²) in [6, 6.07) is 7.24. The van der Waals surface area contributed by atoms with Crippen LogP contribution in [0, 0.1) is 13.8 Å². The molecule has 0 spiro atoms. The molecule has 0 fully saturated rings. The number of aromatic nitrogens is 2. The summed E-state index contributed by atoms with van der Waals surface area (Å²) in [5.74, 6) is 1.37. The molecule has 0 aliphatic carbocycles. The first-order valence-electron chi connectivity index (χ1n) is 7.81. The Bertz CT molecular complexity index is 731. The van der Waals surface area contributed by atoms with Gasteiger partial charge in [0.15, 0.2) is 0 Å². The Morgan fingerprint density at radius 3 is 2.46 bits per heavy atom. The van der Waals surface area contributed by atoms with E-state index in [0.717, 1.165) is 22.9 Å². The second kappa shape index (κ2) is 8.24. The summed E-state index contributed by atoms with van der Waals surface area (Å²) in [6.45, 7) is 4.84. The number of hydrogen-bond donors (Lipinski definition) is 2. The molecule has 1 heterocycles. The first kappa shape index (κ1) is 17.7. The zero-order valence-corrected chi connectivity index (χ0v) is 14.2. The predicted molar refractivity (Wildman–Crippen MR) is 90.6 cm³/mol. The molecule has 0 bridgehead atoms. The van der Waals surface area contributed by atoms with Crippen molar-refractivity contribution in [2.24, 2.45) is 0 Å². The van der Waals surface area contributed by atoms with Crippen LogP contribution in [0.1, 0.15) is 17.8 Å². The summed E-state index contributed by atoms with van der Waals surface area (Å²) in [7, 11) is 1.61. The van der Waals surface area contributed by atoms with Crippen molar-refractivity contribution in [2.45, 2.75) is 26.8 Å². The minimum absolute atomic E-state index is 0.113. The van der Waals surface area contributed by atoms with E-state index in [-0.39, 0.29) is 18.0 Å². The Morgan fingerprint density at radius 2 is 1.88 bits per heavy atom. The Morgan fingerprint density at radius 1 is 1.21 bits per heavy atom. The quantitative estimate of drug-likeness (QED) is 0.715. The number of methoxy groups -OCH3 is 1. The SMILES string of the molecule is COc1ccc(OCCNC(=O)CCn2c(C)c(C)[nH]c2=O)cc1. The highest BCUT2D eigenvalue weighted by molar-refractivity contribution is 5.75. The van der Waals surface area contributed by atoms with Crippen molar-refractivity contribution < 1.29 is 14.3 Å². The van der Waals surface area contributed by atoms with Crippen LogP contribution in [0.3, 0.4) is 0 Å². The molecule has 2 N–H and O–H groups in total. The molecule has 0 saturated heterocycles. The summed E-state index contributed by atoms with van der Waals surface area (Å²) in [5, 5.41) is 2.78. The van der Waals surface area contributed by atoms with Crippen LogP contribution >= 0.6 is 0 Å². The average Bonchev–Trinajstić information content (AvgIpc) is 2.82. The van der Waals surface area contributed by atoms with Gasteiger partial charge in [0.05, 0.1) is 13.7 Å². The normalized spacial score (nSPS) is 10.5. The molecule has 2 rings (SSSR count). The minimum Gasteiger partial charge on any atom is -0.497 e. The van der Waals surface area contributed by atoms with E-state index in [1.807, 2.05) is 38.1 Å². The first-order chi connectivity index (χ1) is 11.5. The minimum atomic E-state index is -0.180. The van der Waals surface area contributed by atoms with Crippen LogP contribution in [0.15, 0.2) is 29.1 Å². The van der Waals surface area contributed by atoms with Gasteiger partial charge in [-0.3, -0.25) is 9.36 Å². The van der Waals surface area contributed by atoms with Crippen molar-refractivity contribution >= 4 is 5.91 Å². The number of aryl methyl sites for hydroxylation is 1. The number of nitrogens with one attached hydrogen (secondary N) is 2. The van der Waals surface area contributed by atoms with Crippen LogP contribution in [0.25, 0.3) is 0 Å². The van der Waals surface area contributed by atoms with Crippen LogP contribution in [-0.4, -0.2) is 35.7 Å². The van der Waals surface area contributed by atoms with E-state index in [1.54, 1.807) is 11.7 Å². The van der Waals surface area contributed by atoms with Crippen molar-refractivity contribution in [3.63, 3.8) is 0 Å². The van der Waals surface area contributed by atoms with E-state index in [9.17, 15) is 9.59 Å². The number of H-pyrrole nitrogens is 1. The smallest absolute Gasteiger partial charge is 0.325 e. The fraction of sp³-hybridized carbons (Fsp3) is 0.412. The third kappa shape index (κ3) is 4.65. The topological polar surface area (TPSA) is 85.3 Å². The van der Waals surface area contributed by atoms with Gasteiger partial charge in [0.1, 0.15) is 18.1 Å². The average molecular weight is 333 g/mol. The molecule has 0 atom stereocenters. The van der Waals surface area contributed by atoms with Gasteiger partial charge in [-0.05, 0) is 38.1 Å². The molecule has 0 unspecified atom stereocenters. The zero-order valence-electron chi connectivity index (χ0n) is 14.2. The van der Waals surface area contributed by atoms with Crippen molar-refractivity contribution in [3.8, 4) is 11.5 Å². The van der Waals surface area contributed by atoms with E-state index < -0.39 is 0 Å². The Labute approximate surface area is 140 Å². The molecule has 2 aromatic rings. The van der Waals surface area contributed by atoms with E-state index in [4.69, 9.17) is 9.47 Å². The van der Waals surface area contributed by atoms with E-state index in [2.05, 4.69) is 10.3 Å². The van der Waals surface area contributed by atoms with E-state index >= 15 is 0 Å². The summed E-state index contributed by atoms with van der Waals surface area (Å²) >= 11 is 0. The maximum absolute atomic E-state index is 11.8. The van der Waals surface area contributed by atoms with Crippen molar-refractivity contribution in [3.05, 3.63) is 46.1 Å². The van der Waals surface area contributed by atoms with Crippen LogP contribution in [-0.2, 0) is 11.3 Å². The second-order valence-electron chi connectivity index (χ2n) is 5.42. The van der Waals surface area contributed by atoms with Gasteiger partial charge in [0, 0.05) is 24.4 Å². The van der Waals surface area contributed by atoms with Gasteiger partial charge >= 0.3 is 5.69 Å². The molecule has 0 aliphatic heterocycles. The summed E-state index contributed by atoms with van der Waals surface area (Å²) < 4.78 is 12.2. The molecule has 1 amide bonds. The van der Waals surface area contributed by atoms with Gasteiger partial charge in [-0.25, -0.2) is 4.79 Å². The number of carbonyl (C=O) groups is 1. The maximum atomic E-state index is 11.8. The number of benzene rings is 1. The van der Waals surface area contributed by atoms with Crippen LogP contribution in [0.4, 0.5) is 0 Å². The molecule has 0 radical (unpaired) electrons. The summed E-state index contributed by atoms with van der Waals surface area (Å²) in [4.78, 5) is 26.2. The lowest BCUT2D eigenvalue weighted by Gasteiger charge is -2.09.